The zero-order chi connectivity index (χ0) is 13.2. The summed E-state index contributed by atoms with van der Waals surface area (Å²) in [5, 5.41) is 12.6. The van der Waals surface area contributed by atoms with Gasteiger partial charge in [0.2, 0.25) is 0 Å². The molecule has 0 unspecified atom stereocenters. The molecule has 98 valence electrons. The molecule has 0 radical (unpaired) electrons. The normalized spacial score (nSPS) is 16.1. The lowest BCUT2D eigenvalue weighted by atomic mass is 10.1. The lowest BCUT2D eigenvalue weighted by Crippen LogP contribution is -2.31. The van der Waals surface area contributed by atoms with E-state index in [0.717, 1.165) is 12.8 Å². The maximum atomic E-state index is 11.9. The summed E-state index contributed by atoms with van der Waals surface area (Å²) in [5.41, 5.74) is 0.285. The molecular weight excluding hydrogens is 250 g/mol. The lowest BCUT2D eigenvalue weighted by Gasteiger charge is -2.13. The van der Waals surface area contributed by atoms with Crippen molar-refractivity contribution in [2.45, 2.75) is 17.6 Å². The van der Waals surface area contributed by atoms with E-state index in [0.29, 0.717) is 12.3 Å². The van der Waals surface area contributed by atoms with Crippen LogP contribution >= 0.6 is 11.8 Å². The Kier molecular flexibility index (Phi) is 3.71. The predicted molar refractivity (Wildman–Crippen MR) is 72.5 cm³/mol. The molecule has 0 atom stereocenters. The molecule has 2 rings (SSSR count). The molecule has 1 aliphatic carbocycles. The molecule has 0 spiro atoms. The van der Waals surface area contributed by atoms with Gasteiger partial charge >= 0.3 is 0 Å². The minimum atomic E-state index is -0.240. The Balaban J connectivity index is 2.00. The highest BCUT2D eigenvalue weighted by Crippen LogP contribution is 2.46. The molecule has 18 heavy (non-hydrogen) atoms. The van der Waals surface area contributed by atoms with Gasteiger partial charge in [-0.25, -0.2) is 0 Å². The fourth-order valence-electron chi connectivity index (χ4n) is 1.76. The third-order valence-corrected chi connectivity index (χ3v) is 4.68. The van der Waals surface area contributed by atoms with Crippen LogP contribution in [0.5, 0.6) is 11.5 Å². The summed E-state index contributed by atoms with van der Waals surface area (Å²) in [6.07, 6.45) is 4.34. The van der Waals surface area contributed by atoms with E-state index >= 15 is 0 Å². The van der Waals surface area contributed by atoms with E-state index in [1.54, 1.807) is 23.9 Å². The van der Waals surface area contributed by atoms with Crippen molar-refractivity contribution in [1.82, 2.24) is 5.32 Å². The van der Waals surface area contributed by atoms with Crippen LogP contribution < -0.4 is 10.1 Å². The first-order valence-electron chi connectivity index (χ1n) is 5.80. The van der Waals surface area contributed by atoms with E-state index < -0.39 is 0 Å². The van der Waals surface area contributed by atoms with Gasteiger partial charge < -0.3 is 15.2 Å². The van der Waals surface area contributed by atoms with E-state index in [4.69, 9.17) is 4.74 Å². The van der Waals surface area contributed by atoms with E-state index in [-0.39, 0.29) is 22.0 Å². The Morgan fingerprint density at radius 2 is 2.28 bits per heavy atom. The van der Waals surface area contributed by atoms with Gasteiger partial charge in [-0.15, -0.1) is 0 Å². The van der Waals surface area contributed by atoms with Crippen LogP contribution in [0, 0.1) is 0 Å². The zero-order valence-electron chi connectivity index (χ0n) is 10.5. The van der Waals surface area contributed by atoms with Gasteiger partial charge in [0.1, 0.15) is 11.5 Å². The number of carbonyl (C=O) groups excluding carboxylic acids is 1. The van der Waals surface area contributed by atoms with Crippen molar-refractivity contribution in [3.63, 3.8) is 0 Å². The Morgan fingerprint density at radius 1 is 1.56 bits per heavy atom. The van der Waals surface area contributed by atoms with Crippen LogP contribution in [-0.4, -0.2) is 35.7 Å². The van der Waals surface area contributed by atoms with Crippen LogP contribution in [0.4, 0.5) is 0 Å². The van der Waals surface area contributed by atoms with E-state index in [2.05, 4.69) is 11.6 Å². The number of thioether (sulfide) groups is 1. The van der Waals surface area contributed by atoms with Crippen LogP contribution in [0.2, 0.25) is 0 Å². The topological polar surface area (TPSA) is 58.6 Å². The number of benzene rings is 1. The summed E-state index contributed by atoms with van der Waals surface area (Å²) in [4.78, 5) is 11.9. The van der Waals surface area contributed by atoms with Crippen molar-refractivity contribution >= 4 is 17.7 Å². The molecule has 1 aliphatic rings. The summed E-state index contributed by atoms with van der Waals surface area (Å²) in [7, 11) is 1.52. The molecule has 1 saturated carbocycles. The molecular formula is C13H17NO3S. The maximum absolute atomic E-state index is 11.9. The number of aromatic hydroxyl groups is 1. The highest BCUT2D eigenvalue weighted by Gasteiger charge is 2.42. The van der Waals surface area contributed by atoms with E-state index in [9.17, 15) is 9.90 Å². The van der Waals surface area contributed by atoms with Crippen LogP contribution in [0.15, 0.2) is 18.2 Å². The Bertz CT molecular complexity index is 458. The molecule has 2 N–H and O–H groups in total. The van der Waals surface area contributed by atoms with Crippen LogP contribution in [0.25, 0.3) is 0 Å². The van der Waals surface area contributed by atoms with Gasteiger partial charge in [0.25, 0.3) is 5.91 Å². The quantitative estimate of drug-likeness (QED) is 0.857. The summed E-state index contributed by atoms with van der Waals surface area (Å²) >= 11 is 1.79. The maximum Gasteiger partial charge on any atom is 0.255 e. The number of hydrogen-bond donors (Lipinski definition) is 2. The third kappa shape index (κ3) is 2.72. The molecule has 5 heteroatoms. The molecule has 4 nitrogen and oxygen atoms in total. The Labute approximate surface area is 111 Å². The molecule has 0 aliphatic heterocycles. The van der Waals surface area contributed by atoms with Crippen molar-refractivity contribution < 1.29 is 14.6 Å². The molecule has 1 aromatic rings. The fourth-order valence-corrected chi connectivity index (χ4v) is 2.49. The van der Waals surface area contributed by atoms with Gasteiger partial charge in [-0.1, -0.05) is 0 Å². The number of phenols is 1. The molecule has 1 fully saturated rings. The average molecular weight is 267 g/mol. The number of rotatable bonds is 5. The first-order chi connectivity index (χ1) is 8.60. The van der Waals surface area contributed by atoms with Crippen LogP contribution in [0.1, 0.15) is 23.2 Å². The Morgan fingerprint density at radius 3 is 2.78 bits per heavy atom. The second kappa shape index (κ2) is 5.10. The molecule has 0 heterocycles. The number of phenolic OH excluding ortho intramolecular Hbond substituents is 1. The molecule has 1 amide bonds. The van der Waals surface area contributed by atoms with E-state index in [1.807, 2.05) is 0 Å². The Hall–Kier alpha value is -1.36. The van der Waals surface area contributed by atoms with Gasteiger partial charge in [-0.05, 0) is 31.2 Å². The summed E-state index contributed by atoms with van der Waals surface area (Å²) in [6.45, 7) is 0.651. The summed E-state index contributed by atoms with van der Waals surface area (Å²) in [6, 6.07) is 4.68. The van der Waals surface area contributed by atoms with Gasteiger partial charge in [-0.3, -0.25) is 4.79 Å². The van der Waals surface area contributed by atoms with Crippen molar-refractivity contribution in [2.75, 3.05) is 19.9 Å². The number of hydrogen-bond acceptors (Lipinski definition) is 4. The summed E-state index contributed by atoms with van der Waals surface area (Å²) in [5.74, 6) is 0.239. The van der Waals surface area contributed by atoms with Crippen molar-refractivity contribution in [3.05, 3.63) is 23.8 Å². The minimum Gasteiger partial charge on any atom is -0.507 e. The zero-order valence-corrected chi connectivity index (χ0v) is 11.3. The van der Waals surface area contributed by atoms with Crippen LogP contribution in [0.3, 0.4) is 0 Å². The first-order valence-corrected chi connectivity index (χ1v) is 7.03. The van der Waals surface area contributed by atoms with E-state index in [1.165, 1.54) is 13.2 Å². The summed E-state index contributed by atoms with van der Waals surface area (Å²) < 4.78 is 5.20. The van der Waals surface area contributed by atoms with Gasteiger partial charge in [0.05, 0.1) is 12.7 Å². The van der Waals surface area contributed by atoms with Crippen molar-refractivity contribution in [2.24, 2.45) is 0 Å². The SMILES string of the molecule is COc1ccc(C(=O)NCC2(SC)CC2)c(O)c1. The second-order valence-corrected chi connectivity index (χ2v) is 5.73. The lowest BCUT2D eigenvalue weighted by molar-refractivity contribution is 0.0950. The minimum absolute atomic E-state index is 0.0548. The molecule has 1 aromatic carbocycles. The van der Waals surface area contributed by atoms with Gasteiger partial charge in [-0.2, -0.15) is 11.8 Å². The molecule has 0 bridgehead atoms. The number of nitrogens with one attached hydrogen (secondary N) is 1. The number of carbonyl (C=O) groups is 1. The fraction of sp³-hybridized carbons (Fsp3) is 0.462. The monoisotopic (exact) mass is 267 g/mol. The number of methoxy groups -OCH3 is 1. The van der Waals surface area contributed by atoms with Crippen molar-refractivity contribution in [3.8, 4) is 11.5 Å². The third-order valence-electron chi connectivity index (χ3n) is 3.26. The largest absolute Gasteiger partial charge is 0.507 e. The number of ether oxygens (including phenoxy) is 1. The first kappa shape index (κ1) is 13.1. The second-order valence-electron chi connectivity index (χ2n) is 4.45. The van der Waals surface area contributed by atoms with Gasteiger partial charge in [0, 0.05) is 17.4 Å². The highest BCUT2D eigenvalue weighted by molar-refractivity contribution is 8.00. The van der Waals surface area contributed by atoms with Gasteiger partial charge in [0.15, 0.2) is 0 Å². The van der Waals surface area contributed by atoms with Crippen LogP contribution in [-0.2, 0) is 0 Å². The smallest absolute Gasteiger partial charge is 0.255 e. The van der Waals surface area contributed by atoms with Crippen molar-refractivity contribution in [1.29, 1.82) is 0 Å². The predicted octanol–water partition coefficient (Wildman–Crippen LogP) is 2.03. The highest BCUT2D eigenvalue weighted by atomic mass is 32.2. The standard InChI is InChI=1S/C13H17NO3S/c1-17-9-3-4-10(11(15)7-9)12(16)14-8-13(18-2)5-6-13/h3-4,7,15H,5-6,8H2,1-2H3,(H,14,16). The average Bonchev–Trinajstić information content (AvgIpc) is 3.16. The number of amides is 1. The molecule has 0 aromatic heterocycles. The molecule has 0 saturated heterocycles.